The second-order valence-corrected chi connectivity index (χ2v) is 9.58. The van der Waals surface area contributed by atoms with Crippen LogP contribution in [0.1, 0.15) is 22.3 Å². The molecule has 0 bridgehead atoms. The SMILES string of the molecule is Cc1ccc(-c2ccc([N+](=O)[O-])cc2-c2nnnn2C(c2ccccc2)(c2ccccc2)c2ccccc2)cc1. The van der Waals surface area contributed by atoms with E-state index in [1.54, 1.807) is 16.8 Å². The molecule has 0 saturated heterocycles. The van der Waals surface area contributed by atoms with Gasteiger partial charge in [-0.2, -0.15) is 0 Å². The number of nitro benzene ring substituents is 1. The van der Waals surface area contributed by atoms with Crippen LogP contribution >= 0.6 is 0 Å². The summed E-state index contributed by atoms with van der Waals surface area (Å²) in [6.07, 6.45) is 0. The Bertz CT molecular complexity index is 1670. The maximum atomic E-state index is 11.9. The van der Waals surface area contributed by atoms with Crippen LogP contribution in [0, 0.1) is 17.0 Å². The van der Waals surface area contributed by atoms with Gasteiger partial charge in [0.05, 0.1) is 4.92 Å². The van der Waals surface area contributed by atoms with E-state index in [4.69, 9.17) is 0 Å². The third-order valence-electron chi connectivity index (χ3n) is 7.18. The molecule has 1 heterocycles. The highest BCUT2D eigenvalue weighted by Crippen LogP contribution is 2.43. The molecule has 0 N–H and O–H groups in total. The van der Waals surface area contributed by atoms with Crippen molar-refractivity contribution in [2.24, 2.45) is 0 Å². The van der Waals surface area contributed by atoms with E-state index in [2.05, 4.69) is 51.9 Å². The van der Waals surface area contributed by atoms with Gasteiger partial charge in [-0.3, -0.25) is 10.1 Å². The van der Waals surface area contributed by atoms with E-state index in [-0.39, 0.29) is 5.69 Å². The molecule has 0 spiro atoms. The summed E-state index contributed by atoms with van der Waals surface area (Å²) < 4.78 is 1.80. The van der Waals surface area contributed by atoms with Crippen molar-refractivity contribution >= 4 is 5.69 Å². The van der Waals surface area contributed by atoms with E-state index < -0.39 is 10.5 Å². The summed E-state index contributed by atoms with van der Waals surface area (Å²) in [4.78, 5) is 11.5. The zero-order chi connectivity index (χ0) is 27.5. The Labute approximate surface area is 231 Å². The van der Waals surface area contributed by atoms with Gasteiger partial charge in [0.2, 0.25) is 0 Å². The minimum atomic E-state index is -0.974. The molecule has 5 aromatic carbocycles. The molecule has 0 aliphatic rings. The zero-order valence-corrected chi connectivity index (χ0v) is 21.8. The molecular formula is C33H25N5O2. The van der Waals surface area contributed by atoms with E-state index in [0.29, 0.717) is 11.4 Å². The Morgan fingerprint density at radius 3 is 1.70 bits per heavy atom. The lowest BCUT2D eigenvalue weighted by atomic mass is 9.77. The molecule has 0 atom stereocenters. The Hall–Kier alpha value is -5.43. The van der Waals surface area contributed by atoms with Crippen molar-refractivity contribution in [2.45, 2.75) is 12.5 Å². The maximum Gasteiger partial charge on any atom is 0.270 e. The Kier molecular flexibility index (Phi) is 6.46. The van der Waals surface area contributed by atoms with Crippen LogP contribution in [0.25, 0.3) is 22.5 Å². The van der Waals surface area contributed by atoms with Gasteiger partial charge in [-0.05, 0) is 51.2 Å². The van der Waals surface area contributed by atoms with Gasteiger partial charge >= 0.3 is 0 Å². The molecule has 7 nitrogen and oxygen atoms in total. The van der Waals surface area contributed by atoms with E-state index in [0.717, 1.165) is 33.4 Å². The van der Waals surface area contributed by atoms with Crippen LogP contribution in [0.4, 0.5) is 5.69 Å². The largest absolute Gasteiger partial charge is 0.270 e. The van der Waals surface area contributed by atoms with Gasteiger partial charge in [0, 0.05) is 17.7 Å². The first kappa shape index (κ1) is 24.9. The van der Waals surface area contributed by atoms with Crippen molar-refractivity contribution in [3.63, 3.8) is 0 Å². The normalized spacial score (nSPS) is 11.3. The van der Waals surface area contributed by atoms with Crippen molar-refractivity contribution in [2.75, 3.05) is 0 Å². The van der Waals surface area contributed by atoms with Crippen LogP contribution in [-0.2, 0) is 5.54 Å². The molecule has 0 fully saturated rings. The first-order valence-corrected chi connectivity index (χ1v) is 12.9. The summed E-state index contributed by atoms with van der Waals surface area (Å²) >= 11 is 0. The standard InChI is InChI=1S/C33H25N5O2/c1-24-17-19-25(20-18-24)30-22-21-29(38(39)40)23-31(30)32-34-35-36-37(32)33(26-11-5-2-6-12-26,27-13-7-3-8-14-27)28-15-9-4-10-16-28/h2-23H,1H3. The third kappa shape index (κ3) is 4.23. The van der Waals surface area contributed by atoms with Crippen molar-refractivity contribution in [1.82, 2.24) is 20.2 Å². The van der Waals surface area contributed by atoms with Crippen molar-refractivity contribution in [3.05, 3.63) is 166 Å². The van der Waals surface area contributed by atoms with E-state index in [1.807, 2.05) is 85.8 Å². The van der Waals surface area contributed by atoms with Crippen molar-refractivity contribution in [1.29, 1.82) is 0 Å². The first-order valence-electron chi connectivity index (χ1n) is 12.9. The average molecular weight is 524 g/mol. The average Bonchev–Trinajstić information content (AvgIpc) is 3.49. The first-order chi connectivity index (χ1) is 19.6. The van der Waals surface area contributed by atoms with Gasteiger partial charge < -0.3 is 0 Å². The number of nitro groups is 1. The fourth-order valence-electron chi connectivity index (χ4n) is 5.30. The van der Waals surface area contributed by atoms with Crippen LogP contribution in [0.5, 0.6) is 0 Å². The third-order valence-corrected chi connectivity index (χ3v) is 7.18. The van der Waals surface area contributed by atoms with Gasteiger partial charge in [0.25, 0.3) is 5.69 Å². The summed E-state index contributed by atoms with van der Waals surface area (Å²) in [7, 11) is 0. The van der Waals surface area contributed by atoms with Gasteiger partial charge in [0.15, 0.2) is 5.82 Å². The number of tetrazole rings is 1. The summed E-state index contributed by atoms with van der Waals surface area (Å²) in [5.74, 6) is 0.413. The molecule has 40 heavy (non-hydrogen) atoms. The van der Waals surface area contributed by atoms with Gasteiger partial charge in [-0.1, -0.05) is 121 Å². The predicted molar refractivity (Wildman–Crippen MR) is 155 cm³/mol. The number of aromatic nitrogens is 4. The summed E-state index contributed by atoms with van der Waals surface area (Å²) in [5.41, 5.74) is 5.22. The quantitative estimate of drug-likeness (QED) is 0.127. The topological polar surface area (TPSA) is 86.7 Å². The molecule has 194 valence electrons. The molecule has 0 aliphatic carbocycles. The fourth-order valence-corrected chi connectivity index (χ4v) is 5.30. The highest BCUT2D eigenvalue weighted by atomic mass is 16.6. The summed E-state index contributed by atoms with van der Waals surface area (Å²) in [5, 5.41) is 25.2. The van der Waals surface area contributed by atoms with E-state index >= 15 is 0 Å². The van der Waals surface area contributed by atoms with Crippen LogP contribution in [0.2, 0.25) is 0 Å². The Morgan fingerprint density at radius 2 is 1.20 bits per heavy atom. The molecule has 0 radical (unpaired) electrons. The Balaban J connectivity index is 1.72. The lowest BCUT2D eigenvalue weighted by Crippen LogP contribution is -2.39. The van der Waals surface area contributed by atoms with Crippen LogP contribution in [-0.4, -0.2) is 25.1 Å². The van der Waals surface area contributed by atoms with Crippen LogP contribution in [0.3, 0.4) is 0 Å². The summed E-state index contributed by atoms with van der Waals surface area (Å²) in [6, 6.07) is 43.1. The number of benzene rings is 5. The highest BCUT2D eigenvalue weighted by Gasteiger charge is 2.42. The highest BCUT2D eigenvalue weighted by molar-refractivity contribution is 5.82. The van der Waals surface area contributed by atoms with Crippen molar-refractivity contribution < 1.29 is 4.92 Å². The number of nitrogens with zero attached hydrogens (tertiary/aromatic N) is 5. The monoisotopic (exact) mass is 523 g/mol. The minimum Gasteiger partial charge on any atom is -0.258 e. The zero-order valence-electron chi connectivity index (χ0n) is 21.8. The number of hydrogen-bond donors (Lipinski definition) is 0. The number of aryl methyl sites for hydroxylation is 1. The molecule has 1 aromatic heterocycles. The van der Waals surface area contributed by atoms with Gasteiger partial charge in [-0.25, -0.2) is 4.68 Å². The number of hydrogen-bond acceptors (Lipinski definition) is 5. The molecule has 6 aromatic rings. The van der Waals surface area contributed by atoms with Gasteiger partial charge in [-0.15, -0.1) is 5.10 Å². The smallest absolute Gasteiger partial charge is 0.258 e. The van der Waals surface area contributed by atoms with Crippen LogP contribution < -0.4 is 0 Å². The van der Waals surface area contributed by atoms with E-state index in [9.17, 15) is 10.1 Å². The predicted octanol–water partition coefficient (Wildman–Crippen LogP) is 7.06. The lowest BCUT2D eigenvalue weighted by Gasteiger charge is -2.36. The van der Waals surface area contributed by atoms with Crippen molar-refractivity contribution in [3.8, 4) is 22.5 Å². The lowest BCUT2D eigenvalue weighted by molar-refractivity contribution is -0.384. The Morgan fingerprint density at radius 1 is 0.675 bits per heavy atom. The number of non-ortho nitro benzene ring substituents is 1. The van der Waals surface area contributed by atoms with Gasteiger partial charge in [0.1, 0.15) is 5.54 Å². The van der Waals surface area contributed by atoms with Crippen LogP contribution in [0.15, 0.2) is 133 Å². The molecular weight excluding hydrogens is 498 g/mol. The molecule has 7 heteroatoms. The molecule has 0 saturated carbocycles. The molecule has 0 aliphatic heterocycles. The maximum absolute atomic E-state index is 11.9. The number of rotatable bonds is 7. The fraction of sp³-hybridized carbons (Fsp3) is 0.0606. The van der Waals surface area contributed by atoms with E-state index in [1.165, 1.54) is 6.07 Å². The molecule has 0 unspecified atom stereocenters. The molecule has 0 amide bonds. The second kappa shape index (κ2) is 10.4. The molecule has 6 rings (SSSR count). The summed E-state index contributed by atoms with van der Waals surface area (Å²) in [6.45, 7) is 2.02. The minimum absolute atomic E-state index is 0.0369. The second-order valence-electron chi connectivity index (χ2n) is 9.58.